The van der Waals surface area contributed by atoms with E-state index in [-0.39, 0.29) is 29.6 Å². The third kappa shape index (κ3) is 8.57. The van der Waals surface area contributed by atoms with Crippen LogP contribution in [0.3, 0.4) is 0 Å². The Balaban J connectivity index is 2.10. The van der Waals surface area contributed by atoms with Crippen LogP contribution in [0, 0.1) is 6.92 Å². The third-order valence-corrected chi connectivity index (χ3v) is 7.62. The Hall–Kier alpha value is -3.36. The molecule has 1 unspecified atom stereocenters. The lowest BCUT2D eigenvalue weighted by Gasteiger charge is -2.35. The van der Waals surface area contributed by atoms with E-state index in [1.54, 1.807) is 24.3 Å². The Bertz CT molecular complexity index is 1400. The molecular weight excluding hydrogens is 534 g/mol. The number of rotatable bonds is 10. The van der Waals surface area contributed by atoms with Gasteiger partial charge in [-0.3, -0.25) is 13.9 Å². The van der Waals surface area contributed by atoms with E-state index < -0.39 is 34.1 Å². The SMILES string of the molecule is Cc1ccccc1CN(C(=O)CN(c1ccccc1Cl)S(C)(=O)=O)C(Cc1ccccc1)C(=O)NC(C)(C)C. The highest BCUT2D eigenvalue weighted by atomic mass is 35.5. The van der Waals surface area contributed by atoms with Crippen molar-refractivity contribution in [2.45, 2.75) is 52.2 Å². The number of para-hydroxylation sites is 1. The second-order valence-corrected chi connectivity index (χ2v) is 12.9. The molecule has 3 rings (SSSR count). The zero-order valence-corrected chi connectivity index (χ0v) is 24.6. The van der Waals surface area contributed by atoms with Crippen LogP contribution in [0.25, 0.3) is 0 Å². The first kappa shape index (κ1) is 30.2. The van der Waals surface area contributed by atoms with Crippen LogP contribution in [0.5, 0.6) is 0 Å². The summed E-state index contributed by atoms with van der Waals surface area (Å²) in [5, 5.41) is 3.22. The van der Waals surface area contributed by atoms with Gasteiger partial charge in [0, 0.05) is 18.5 Å². The molecule has 0 aliphatic carbocycles. The average Bonchev–Trinajstić information content (AvgIpc) is 2.85. The van der Waals surface area contributed by atoms with Crippen molar-refractivity contribution >= 4 is 39.1 Å². The highest BCUT2D eigenvalue weighted by Crippen LogP contribution is 2.28. The van der Waals surface area contributed by atoms with Crippen LogP contribution in [-0.2, 0) is 32.6 Å². The smallest absolute Gasteiger partial charge is 0.244 e. The predicted molar refractivity (Wildman–Crippen MR) is 157 cm³/mol. The molecule has 9 heteroatoms. The van der Waals surface area contributed by atoms with E-state index >= 15 is 0 Å². The number of carbonyl (C=O) groups is 2. The second kappa shape index (κ2) is 12.7. The highest BCUT2D eigenvalue weighted by molar-refractivity contribution is 7.92. The van der Waals surface area contributed by atoms with Crippen molar-refractivity contribution in [2.75, 3.05) is 17.1 Å². The normalized spacial score (nSPS) is 12.5. The number of aryl methyl sites for hydroxylation is 1. The number of nitrogens with zero attached hydrogens (tertiary/aromatic N) is 2. The molecule has 3 aromatic rings. The summed E-state index contributed by atoms with van der Waals surface area (Å²) in [6, 6.07) is 22.6. The van der Waals surface area contributed by atoms with Crippen LogP contribution < -0.4 is 9.62 Å². The van der Waals surface area contributed by atoms with Gasteiger partial charge in [0.05, 0.1) is 17.0 Å². The number of sulfonamides is 1. The van der Waals surface area contributed by atoms with Crippen LogP contribution in [0.2, 0.25) is 5.02 Å². The summed E-state index contributed by atoms with van der Waals surface area (Å²) in [6.07, 6.45) is 1.29. The van der Waals surface area contributed by atoms with Gasteiger partial charge in [0.1, 0.15) is 12.6 Å². The lowest BCUT2D eigenvalue weighted by atomic mass is 10.00. The first-order valence-corrected chi connectivity index (χ1v) is 14.9. The predicted octanol–water partition coefficient (Wildman–Crippen LogP) is 4.97. The van der Waals surface area contributed by atoms with Crippen LogP contribution in [0.1, 0.15) is 37.5 Å². The minimum atomic E-state index is -3.88. The summed E-state index contributed by atoms with van der Waals surface area (Å²) >= 11 is 6.34. The Morgan fingerprint density at radius 3 is 2.10 bits per heavy atom. The van der Waals surface area contributed by atoms with Gasteiger partial charge in [-0.25, -0.2) is 8.42 Å². The molecule has 7 nitrogen and oxygen atoms in total. The minimum Gasteiger partial charge on any atom is -0.350 e. The molecule has 208 valence electrons. The summed E-state index contributed by atoms with van der Waals surface area (Å²) in [7, 11) is -3.88. The number of amides is 2. The molecule has 2 amide bonds. The van der Waals surface area contributed by atoms with Gasteiger partial charge >= 0.3 is 0 Å². The maximum Gasteiger partial charge on any atom is 0.244 e. The number of anilines is 1. The molecule has 0 saturated heterocycles. The van der Waals surface area contributed by atoms with Crippen molar-refractivity contribution in [3.8, 4) is 0 Å². The zero-order valence-electron chi connectivity index (χ0n) is 23.0. The second-order valence-electron chi connectivity index (χ2n) is 10.6. The Morgan fingerprint density at radius 2 is 1.51 bits per heavy atom. The Morgan fingerprint density at radius 1 is 0.923 bits per heavy atom. The number of carbonyl (C=O) groups excluding carboxylic acids is 2. The molecule has 39 heavy (non-hydrogen) atoms. The van der Waals surface area contributed by atoms with E-state index in [0.717, 1.165) is 27.3 Å². The largest absolute Gasteiger partial charge is 0.350 e. The summed E-state index contributed by atoms with van der Waals surface area (Å²) in [4.78, 5) is 29.3. The van der Waals surface area contributed by atoms with Crippen LogP contribution in [0.4, 0.5) is 5.69 Å². The molecule has 0 fully saturated rings. The standard InChI is InChI=1S/C30H36ClN3O4S/c1-22-13-9-10-16-24(22)20-33(27(29(36)32-30(2,3)4)19-23-14-7-6-8-15-23)28(35)21-34(39(5,37)38)26-18-12-11-17-25(26)31/h6-18,27H,19-21H2,1-5H3,(H,32,36). The average molecular weight is 570 g/mol. The number of hydrogen-bond donors (Lipinski definition) is 1. The molecule has 1 N–H and O–H groups in total. The number of nitrogens with one attached hydrogen (secondary N) is 1. The molecular formula is C30H36ClN3O4S. The van der Waals surface area contributed by atoms with Crippen LogP contribution in [-0.4, -0.2) is 49.5 Å². The van der Waals surface area contributed by atoms with Gasteiger partial charge in [0.2, 0.25) is 21.8 Å². The Labute approximate surface area is 236 Å². The minimum absolute atomic E-state index is 0.126. The van der Waals surface area contributed by atoms with Crippen molar-refractivity contribution < 1.29 is 18.0 Å². The monoisotopic (exact) mass is 569 g/mol. The van der Waals surface area contributed by atoms with Gasteiger partial charge in [0.25, 0.3) is 0 Å². The molecule has 1 atom stereocenters. The molecule has 0 saturated carbocycles. The van der Waals surface area contributed by atoms with Crippen LogP contribution in [0.15, 0.2) is 78.9 Å². The fraction of sp³-hybridized carbons (Fsp3) is 0.333. The van der Waals surface area contributed by atoms with Gasteiger partial charge < -0.3 is 10.2 Å². The summed E-state index contributed by atoms with van der Waals surface area (Å²) < 4.78 is 26.7. The van der Waals surface area contributed by atoms with Crippen molar-refractivity contribution in [1.29, 1.82) is 0 Å². The van der Waals surface area contributed by atoms with Gasteiger partial charge in [-0.1, -0.05) is 78.3 Å². The summed E-state index contributed by atoms with van der Waals surface area (Å²) in [5.41, 5.74) is 2.34. The zero-order chi connectivity index (χ0) is 28.8. The molecule has 3 aromatic carbocycles. The quantitative estimate of drug-likeness (QED) is 0.373. The fourth-order valence-electron chi connectivity index (χ4n) is 4.23. The van der Waals surface area contributed by atoms with Gasteiger partial charge in [-0.15, -0.1) is 0 Å². The maximum atomic E-state index is 14.1. The number of benzene rings is 3. The van der Waals surface area contributed by atoms with E-state index in [2.05, 4.69) is 5.32 Å². The molecule has 0 aromatic heterocycles. The molecule has 0 aliphatic rings. The van der Waals surface area contributed by atoms with Gasteiger partial charge in [0.15, 0.2) is 0 Å². The number of hydrogen-bond acceptors (Lipinski definition) is 4. The van der Waals surface area contributed by atoms with E-state index in [1.807, 2.05) is 82.3 Å². The molecule has 0 spiro atoms. The third-order valence-electron chi connectivity index (χ3n) is 6.17. The first-order chi connectivity index (χ1) is 18.3. The van der Waals surface area contributed by atoms with Gasteiger partial charge in [-0.2, -0.15) is 0 Å². The van der Waals surface area contributed by atoms with E-state index in [0.29, 0.717) is 0 Å². The first-order valence-electron chi connectivity index (χ1n) is 12.7. The molecule has 0 bridgehead atoms. The molecule has 0 aliphatic heterocycles. The fourth-order valence-corrected chi connectivity index (χ4v) is 5.38. The number of halogens is 1. The topological polar surface area (TPSA) is 86.8 Å². The van der Waals surface area contributed by atoms with Gasteiger partial charge in [-0.05, 0) is 56.5 Å². The van der Waals surface area contributed by atoms with Crippen molar-refractivity contribution in [1.82, 2.24) is 10.2 Å². The molecule has 0 heterocycles. The van der Waals surface area contributed by atoms with E-state index in [4.69, 9.17) is 11.6 Å². The summed E-state index contributed by atoms with van der Waals surface area (Å²) in [5.74, 6) is -0.842. The van der Waals surface area contributed by atoms with E-state index in [9.17, 15) is 18.0 Å². The summed E-state index contributed by atoms with van der Waals surface area (Å²) in [6.45, 7) is 7.18. The van der Waals surface area contributed by atoms with Crippen molar-refractivity contribution in [2.24, 2.45) is 0 Å². The highest BCUT2D eigenvalue weighted by Gasteiger charge is 2.34. The lowest BCUT2D eigenvalue weighted by molar-refractivity contribution is -0.140. The molecule has 0 radical (unpaired) electrons. The van der Waals surface area contributed by atoms with Crippen LogP contribution >= 0.6 is 11.6 Å². The Kier molecular flexibility index (Phi) is 9.80. The maximum absolute atomic E-state index is 14.1. The van der Waals surface area contributed by atoms with Crippen molar-refractivity contribution in [3.63, 3.8) is 0 Å². The van der Waals surface area contributed by atoms with Crippen molar-refractivity contribution in [3.05, 3.63) is 101 Å². The lowest BCUT2D eigenvalue weighted by Crippen LogP contribution is -2.56. The van der Waals surface area contributed by atoms with E-state index in [1.165, 1.54) is 4.90 Å².